The fourth-order valence-corrected chi connectivity index (χ4v) is 2.28. The summed E-state index contributed by atoms with van der Waals surface area (Å²) in [5.41, 5.74) is -0.0612. The van der Waals surface area contributed by atoms with Gasteiger partial charge in [0.2, 0.25) is 0 Å². The van der Waals surface area contributed by atoms with Crippen molar-refractivity contribution in [3.8, 4) is 0 Å². The van der Waals surface area contributed by atoms with Crippen LogP contribution in [0.5, 0.6) is 0 Å². The highest BCUT2D eigenvalue weighted by molar-refractivity contribution is 5.88. The third-order valence-corrected chi connectivity index (χ3v) is 3.25. The molecule has 86 valence electrons. The van der Waals surface area contributed by atoms with Crippen LogP contribution in [0, 0.1) is 0 Å². The molecule has 1 aliphatic heterocycles. The van der Waals surface area contributed by atoms with Gasteiger partial charge in [-0.05, 0) is 19.5 Å². The Morgan fingerprint density at radius 2 is 2.00 bits per heavy atom. The number of likely N-dealkylation sites (N-methyl/N-ethyl adjacent to an activating group) is 1. The van der Waals surface area contributed by atoms with E-state index >= 15 is 0 Å². The predicted octanol–water partition coefficient (Wildman–Crippen LogP) is 1.38. The summed E-state index contributed by atoms with van der Waals surface area (Å²) < 4.78 is 0. The Labute approximate surface area is 95.7 Å². The molecule has 0 saturated carbocycles. The second kappa shape index (κ2) is 4.00. The first-order chi connectivity index (χ1) is 7.50. The van der Waals surface area contributed by atoms with Gasteiger partial charge in [-0.2, -0.15) is 0 Å². The van der Waals surface area contributed by atoms with Gasteiger partial charge in [0, 0.05) is 19.0 Å². The topological polar surface area (TPSA) is 40.5 Å². The van der Waals surface area contributed by atoms with Crippen LogP contribution in [0.3, 0.4) is 0 Å². The molecule has 1 aromatic carbocycles. The molecule has 0 amide bonds. The van der Waals surface area contributed by atoms with Crippen molar-refractivity contribution in [1.29, 1.82) is 0 Å². The number of hydrogen-bond donors (Lipinski definition) is 1. The van der Waals surface area contributed by atoms with Gasteiger partial charge in [-0.25, -0.2) is 0 Å². The van der Waals surface area contributed by atoms with Gasteiger partial charge < -0.3 is 5.11 Å². The number of likely N-dealkylation sites (tertiary alicyclic amines) is 1. The maximum absolute atomic E-state index is 11.8. The van der Waals surface area contributed by atoms with Gasteiger partial charge in [-0.3, -0.25) is 9.69 Å². The van der Waals surface area contributed by atoms with Crippen LogP contribution in [0.15, 0.2) is 30.3 Å². The molecule has 0 aromatic heterocycles. The van der Waals surface area contributed by atoms with E-state index in [1.807, 2.05) is 42.3 Å². The Kier molecular flexibility index (Phi) is 2.82. The van der Waals surface area contributed by atoms with E-state index in [0.717, 1.165) is 5.56 Å². The lowest BCUT2D eigenvalue weighted by Crippen LogP contribution is -2.52. The highest BCUT2D eigenvalue weighted by Crippen LogP contribution is 2.31. The second-order valence-corrected chi connectivity index (χ2v) is 4.74. The van der Waals surface area contributed by atoms with Crippen LogP contribution in [-0.4, -0.2) is 35.0 Å². The van der Waals surface area contributed by atoms with Gasteiger partial charge in [0.25, 0.3) is 0 Å². The van der Waals surface area contributed by atoms with E-state index in [1.165, 1.54) is 0 Å². The molecule has 1 saturated heterocycles. The minimum absolute atomic E-state index is 0.0700. The number of hydrogen-bond acceptors (Lipinski definition) is 3. The largest absolute Gasteiger partial charge is 0.381 e. The van der Waals surface area contributed by atoms with Gasteiger partial charge in [0.1, 0.15) is 5.60 Å². The van der Waals surface area contributed by atoms with Crippen LogP contribution in [0.1, 0.15) is 24.9 Å². The Hall–Kier alpha value is -1.19. The van der Waals surface area contributed by atoms with Gasteiger partial charge in [-0.1, -0.05) is 30.3 Å². The molecular formula is C13H17NO2. The fraction of sp³-hybridized carbons (Fsp3) is 0.462. The van der Waals surface area contributed by atoms with E-state index in [0.29, 0.717) is 13.0 Å². The molecule has 1 aliphatic rings. The number of ketones is 1. The number of nitrogens with zero attached hydrogens (tertiary/aromatic N) is 1. The van der Waals surface area contributed by atoms with Crippen molar-refractivity contribution >= 4 is 5.78 Å². The summed E-state index contributed by atoms with van der Waals surface area (Å²) in [6.07, 6.45) is 0.382. The van der Waals surface area contributed by atoms with Crippen LogP contribution >= 0.6 is 0 Å². The third kappa shape index (κ3) is 2.01. The van der Waals surface area contributed by atoms with Crippen LogP contribution < -0.4 is 0 Å². The smallest absolute Gasteiger partial charge is 0.167 e. The second-order valence-electron chi connectivity index (χ2n) is 4.74. The number of β-amino-alcohol motifs (C(OH)–C–C–N with tert-alkyl or cyclic N) is 1. The van der Waals surface area contributed by atoms with E-state index < -0.39 is 5.60 Å². The van der Waals surface area contributed by atoms with E-state index in [-0.39, 0.29) is 11.8 Å². The average molecular weight is 219 g/mol. The van der Waals surface area contributed by atoms with Crippen molar-refractivity contribution in [3.05, 3.63) is 35.9 Å². The molecule has 2 unspecified atom stereocenters. The predicted molar refractivity (Wildman–Crippen MR) is 62.1 cm³/mol. The van der Waals surface area contributed by atoms with E-state index in [4.69, 9.17) is 0 Å². The molecule has 0 bridgehead atoms. The summed E-state index contributed by atoms with van der Waals surface area (Å²) in [7, 11) is 1.94. The number of piperidine rings is 1. The lowest BCUT2D eigenvalue weighted by molar-refractivity contribution is -0.144. The molecule has 0 spiro atoms. The summed E-state index contributed by atoms with van der Waals surface area (Å²) >= 11 is 0. The first kappa shape index (κ1) is 11.3. The molecule has 1 aromatic rings. The third-order valence-electron chi connectivity index (χ3n) is 3.25. The van der Waals surface area contributed by atoms with Crippen molar-refractivity contribution in [1.82, 2.24) is 4.90 Å². The van der Waals surface area contributed by atoms with E-state index in [2.05, 4.69) is 0 Å². The minimum atomic E-state index is -1.19. The average Bonchev–Trinajstić information content (AvgIpc) is 2.24. The first-order valence-corrected chi connectivity index (χ1v) is 5.51. The van der Waals surface area contributed by atoms with Gasteiger partial charge in [0.15, 0.2) is 5.78 Å². The van der Waals surface area contributed by atoms with E-state index in [1.54, 1.807) is 6.92 Å². The van der Waals surface area contributed by atoms with Crippen LogP contribution in [-0.2, 0) is 4.79 Å². The van der Waals surface area contributed by atoms with Gasteiger partial charge in [-0.15, -0.1) is 0 Å². The maximum atomic E-state index is 11.8. The molecule has 2 rings (SSSR count). The van der Waals surface area contributed by atoms with Crippen molar-refractivity contribution in [2.24, 2.45) is 0 Å². The first-order valence-electron chi connectivity index (χ1n) is 5.51. The number of rotatable bonds is 1. The van der Waals surface area contributed by atoms with Gasteiger partial charge in [0.05, 0.1) is 0 Å². The summed E-state index contributed by atoms with van der Waals surface area (Å²) in [5.74, 6) is -0.0700. The molecule has 3 heteroatoms. The van der Waals surface area contributed by atoms with Crippen molar-refractivity contribution in [2.75, 3.05) is 13.6 Å². The summed E-state index contributed by atoms with van der Waals surface area (Å²) in [4.78, 5) is 13.8. The minimum Gasteiger partial charge on any atom is -0.381 e. The van der Waals surface area contributed by atoms with Crippen LogP contribution in [0.25, 0.3) is 0 Å². The molecule has 1 N–H and O–H groups in total. The number of carbonyl (C=O) groups is 1. The Balaban J connectivity index is 2.23. The standard InChI is InChI=1S/C13H17NO2/c1-13(16)9-14(2)11(8-12(13)15)10-6-4-3-5-7-10/h3-7,11,16H,8-9H2,1-2H3. The van der Waals surface area contributed by atoms with Crippen molar-refractivity contribution < 1.29 is 9.90 Å². The molecule has 1 fully saturated rings. The van der Waals surface area contributed by atoms with Crippen LogP contribution in [0.2, 0.25) is 0 Å². The Morgan fingerprint density at radius 3 is 2.62 bits per heavy atom. The number of benzene rings is 1. The molecule has 1 heterocycles. The number of aliphatic hydroxyl groups is 1. The fourth-order valence-electron chi connectivity index (χ4n) is 2.28. The highest BCUT2D eigenvalue weighted by atomic mass is 16.3. The molecular weight excluding hydrogens is 202 g/mol. The monoisotopic (exact) mass is 219 g/mol. The van der Waals surface area contributed by atoms with Crippen molar-refractivity contribution in [3.63, 3.8) is 0 Å². The molecule has 2 atom stereocenters. The highest BCUT2D eigenvalue weighted by Gasteiger charge is 2.40. The normalized spacial score (nSPS) is 31.7. The van der Waals surface area contributed by atoms with Crippen molar-refractivity contribution in [2.45, 2.75) is 25.0 Å². The zero-order chi connectivity index (χ0) is 11.8. The lowest BCUT2D eigenvalue weighted by Gasteiger charge is -2.39. The molecule has 16 heavy (non-hydrogen) atoms. The quantitative estimate of drug-likeness (QED) is 0.775. The molecule has 0 aliphatic carbocycles. The van der Waals surface area contributed by atoms with Crippen LogP contribution in [0.4, 0.5) is 0 Å². The molecule has 3 nitrogen and oxygen atoms in total. The summed E-state index contributed by atoms with van der Waals surface area (Å²) in [6.45, 7) is 1.98. The van der Waals surface area contributed by atoms with E-state index in [9.17, 15) is 9.90 Å². The Morgan fingerprint density at radius 1 is 1.38 bits per heavy atom. The lowest BCUT2D eigenvalue weighted by atomic mass is 9.86. The maximum Gasteiger partial charge on any atom is 0.167 e. The van der Waals surface area contributed by atoms with Gasteiger partial charge >= 0.3 is 0 Å². The summed E-state index contributed by atoms with van der Waals surface area (Å²) in [6, 6.07) is 10.0. The SMILES string of the molecule is CN1CC(C)(O)C(=O)CC1c1ccccc1. The zero-order valence-corrected chi connectivity index (χ0v) is 9.68. The molecule has 0 radical (unpaired) electrons. The summed E-state index contributed by atoms with van der Waals surface area (Å²) in [5, 5.41) is 9.89. The number of Topliss-reactive ketones (excluding diaryl/α,β-unsaturated/α-hetero) is 1. The number of carbonyl (C=O) groups excluding carboxylic acids is 1. The zero-order valence-electron chi connectivity index (χ0n) is 9.68. The Bertz CT molecular complexity index is 386.